The maximum Gasteiger partial charge on any atom is 0.238 e. The molecule has 3 heterocycles. The van der Waals surface area contributed by atoms with Crippen LogP contribution in [0.15, 0.2) is 41.2 Å². The number of hydrogen-bond acceptors (Lipinski definition) is 6. The summed E-state index contributed by atoms with van der Waals surface area (Å²) in [5.41, 5.74) is 3.90. The maximum atomic E-state index is 6.25. The van der Waals surface area contributed by atoms with Crippen LogP contribution in [0.3, 0.4) is 0 Å². The fraction of sp³-hybridized carbons (Fsp3) is 0.435. The highest BCUT2D eigenvalue weighted by Gasteiger charge is 2.18. The van der Waals surface area contributed by atoms with E-state index in [1.165, 1.54) is 37.2 Å². The van der Waals surface area contributed by atoms with Gasteiger partial charge in [0.15, 0.2) is 0 Å². The molecule has 0 unspecified atom stereocenters. The summed E-state index contributed by atoms with van der Waals surface area (Å²) < 4.78 is 11.1. The van der Waals surface area contributed by atoms with Gasteiger partial charge in [0.25, 0.3) is 0 Å². The summed E-state index contributed by atoms with van der Waals surface area (Å²) >= 11 is 0. The molecule has 3 aromatic rings. The van der Waals surface area contributed by atoms with Crippen LogP contribution in [0.2, 0.25) is 0 Å². The highest BCUT2D eigenvalue weighted by atomic mass is 32.2. The molecule has 1 saturated carbocycles. The second-order valence-electron chi connectivity index (χ2n) is 8.05. The second kappa shape index (κ2) is 8.68. The van der Waals surface area contributed by atoms with Gasteiger partial charge in [-0.2, -0.15) is 0 Å². The topological polar surface area (TPSA) is 72.3 Å². The van der Waals surface area contributed by atoms with Gasteiger partial charge in [-0.1, -0.05) is 17.1 Å². The van der Waals surface area contributed by atoms with E-state index in [4.69, 9.17) is 9.10 Å². The summed E-state index contributed by atoms with van der Waals surface area (Å²) in [6.07, 6.45) is 10.9. The van der Waals surface area contributed by atoms with E-state index in [9.17, 15) is 0 Å². The Balaban J connectivity index is 1.45. The Labute approximate surface area is 179 Å². The van der Waals surface area contributed by atoms with Crippen LogP contribution < -0.4 is 10.1 Å². The number of rotatable bonds is 5. The van der Waals surface area contributed by atoms with Crippen LogP contribution in [-0.4, -0.2) is 32.6 Å². The minimum absolute atomic E-state index is 0.199. The highest BCUT2D eigenvalue weighted by Crippen LogP contribution is 2.34. The Bertz CT molecular complexity index is 1090. The number of hydrogen-bond donors (Lipinski definition) is 1. The molecule has 0 radical (unpaired) electrons. The number of nitrogens with zero attached hydrogens (tertiary/aromatic N) is 4. The normalized spacial score (nSPS) is 17.5. The Morgan fingerprint density at radius 3 is 2.73 bits per heavy atom. The lowest BCUT2D eigenvalue weighted by Gasteiger charge is -2.23. The Hall–Kier alpha value is -2.54. The van der Waals surface area contributed by atoms with E-state index < -0.39 is 0 Å². The number of fused-ring (bicyclic) bond motifs is 1. The third kappa shape index (κ3) is 4.17. The molecule has 0 amide bonds. The molecule has 30 heavy (non-hydrogen) atoms. The first kappa shape index (κ1) is 19.4. The van der Waals surface area contributed by atoms with Crippen LogP contribution in [0, 0.1) is 6.92 Å². The van der Waals surface area contributed by atoms with Gasteiger partial charge in [0.2, 0.25) is 5.88 Å². The molecule has 1 aliphatic carbocycles. The van der Waals surface area contributed by atoms with Crippen molar-refractivity contribution in [3.63, 3.8) is 0 Å². The number of aryl methyl sites for hydroxylation is 1. The first-order chi connectivity index (χ1) is 14.8. The molecule has 0 atom stereocenters. The van der Waals surface area contributed by atoms with Crippen molar-refractivity contribution < 1.29 is 4.74 Å². The molecule has 1 aliphatic heterocycles. The van der Waals surface area contributed by atoms with Gasteiger partial charge in [-0.3, -0.25) is 0 Å². The molecule has 0 spiro atoms. The van der Waals surface area contributed by atoms with Crippen LogP contribution >= 0.6 is 0 Å². The molecule has 2 aromatic heterocycles. The predicted molar refractivity (Wildman–Crippen MR) is 123 cm³/mol. The summed E-state index contributed by atoms with van der Waals surface area (Å²) in [4.78, 5) is 13.5. The van der Waals surface area contributed by atoms with Gasteiger partial charge in [-0.25, -0.2) is 19.3 Å². The first-order valence-electron chi connectivity index (χ1n) is 10.8. The van der Waals surface area contributed by atoms with Crippen LogP contribution in [0.1, 0.15) is 44.1 Å². The van der Waals surface area contributed by atoms with Crippen molar-refractivity contribution in [1.82, 2.24) is 15.0 Å². The van der Waals surface area contributed by atoms with E-state index in [0.717, 1.165) is 46.5 Å². The molecule has 2 fully saturated rings. The molecule has 2 aliphatic rings. The number of benzene rings is 1. The molecule has 7 heteroatoms. The molecule has 1 N–H and O–H groups in total. The monoisotopic (exact) mass is 421 g/mol. The number of aromatic nitrogens is 3. The number of anilines is 2. The van der Waals surface area contributed by atoms with Gasteiger partial charge >= 0.3 is 0 Å². The lowest BCUT2D eigenvalue weighted by molar-refractivity contribution is 0.149. The standard InChI is InChI=1S/C23H27N5OS/c1-16-13-17(28-30-11-6-12-30)14-20-21(16)22(26-15-25-20)27-19-9-5-10-24-23(19)29-18-7-3-2-4-8-18/h5,9-10,13-15,18H,2-4,6-8,11-12H2,1H3,(H,25,26,27). The second-order valence-corrected chi connectivity index (χ2v) is 9.98. The maximum absolute atomic E-state index is 6.25. The average Bonchev–Trinajstić information content (AvgIpc) is 2.73. The lowest BCUT2D eigenvalue weighted by Crippen LogP contribution is -2.20. The van der Waals surface area contributed by atoms with Crippen LogP contribution in [0.4, 0.5) is 17.2 Å². The van der Waals surface area contributed by atoms with Gasteiger partial charge in [0.05, 0.1) is 11.2 Å². The Morgan fingerprint density at radius 1 is 1.07 bits per heavy atom. The third-order valence-corrected chi connectivity index (χ3v) is 7.76. The third-order valence-electron chi connectivity index (χ3n) is 5.77. The Morgan fingerprint density at radius 2 is 1.93 bits per heavy atom. The van der Waals surface area contributed by atoms with Crippen LogP contribution in [0.25, 0.3) is 10.9 Å². The zero-order valence-electron chi connectivity index (χ0n) is 17.3. The minimum atomic E-state index is 0.199. The zero-order chi connectivity index (χ0) is 20.3. The number of nitrogens with one attached hydrogen (secondary N) is 1. The van der Waals surface area contributed by atoms with Crippen molar-refractivity contribution in [3.8, 4) is 5.88 Å². The fourth-order valence-electron chi connectivity index (χ4n) is 4.08. The van der Waals surface area contributed by atoms with Crippen molar-refractivity contribution in [2.75, 3.05) is 16.8 Å². The fourth-order valence-corrected chi connectivity index (χ4v) is 5.22. The van der Waals surface area contributed by atoms with Crippen molar-refractivity contribution >= 4 is 38.8 Å². The lowest BCUT2D eigenvalue weighted by atomic mass is 9.98. The summed E-state index contributed by atoms with van der Waals surface area (Å²) in [5.74, 6) is 3.86. The molecular weight excluding hydrogens is 394 g/mol. The largest absolute Gasteiger partial charge is 0.473 e. The minimum Gasteiger partial charge on any atom is -0.473 e. The van der Waals surface area contributed by atoms with E-state index in [0.29, 0.717) is 5.88 Å². The quantitative estimate of drug-likeness (QED) is 0.578. The Kier molecular flexibility index (Phi) is 5.62. The number of ether oxygens (including phenoxy) is 1. The number of pyridine rings is 1. The van der Waals surface area contributed by atoms with Gasteiger partial charge in [-0.15, -0.1) is 0 Å². The highest BCUT2D eigenvalue weighted by molar-refractivity contribution is 7.88. The molecule has 6 nitrogen and oxygen atoms in total. The molecule has 0 bridgehead atoms. The van der Waals surface area contributed by atoms with Gasteiger partial charge in [0, 0.05) is 23.1 Å². The van der Waals surface area contributed by atoms with Gasteiger partial charge in [0.1, 0.15) is 23.9 Å². The molecule has 1 saturated heterocycles. The molecule has 156 valence electrons. The van der Waals surface area contributed by atoms with E-state index in [2.05, 4.69) is 39.3 Å². The van der Waals surface area contributed by atoms with E-state index in [1.54, 1.807) is 12.5 Å². The molecular formula is C23H27N5OS. The summed E-state index contributed by atoms with van der Waals surface area (Å²) in [7, 11) is 0.199. The van der Waals surface area contributed by atoms with E-state index in [-0.39, 0.29) is 16.8 Å². The predicted octanol–water partition coefficient (Wildman–Crippen LogP) is 5.63. The van der Waals surface area contributed by atoms with Crippen LogP contribution in [-0.2, 0) is 10.7 Å². The van der Waals surface area contributed by atoms with E-state index in [1.807, 2.05) is 12.1 Å². The molecule has 1 aromatic carbocycles. The van der Waals surface area contributed by atoms with Gasteiger partial charge in [-0.05, 0) is 68.9 Å². The summed E-state index contributed by atoms with van der Waals surface area (Å²) in [6, 6.07) is 8.13. The molecule has 5 rings (SSSR count). The van der Waals surface area contributed by atoms with E-state index >= 15 is 0 Å². The SMILES string of the molecule is Cc1cc(N=S2CCC2)cc2ncnc(Nc3cccnc3OC3CCCCC3)c12. The van der Waals surface area contributed by atoms with Gasteiger partial charge < -0.3 is 10.1 Å². The van der Waals surface area contributed by atoms with Crippen LogP contribution in [0.5, 0.6) is 5.88 Å². The zero-order valence-corrected chi connectivity index (χ0v) is 18.1. The average molecular weight is 422 g/mol. The first-order valence-corrected chi connectivity index (χ1v) is 12.3. The van der Waals surface area contributed by atoms with Crippen molar-refractivity contribution in [1.29, 1.82) is 0 Å². The van der Waals surface area contributed by atoms with Crippen molar-refractivity contribution in [3.05, 3.63) is 42.4 Å². The summed E-state index contributed by atoms with van der Waals surface area (Å²) in [6.45, 7) is 2.10. The smallest absolute Gasteiger partial charge is 0.238 e. The van der Waals surface area contributed by atoms with Crippen molar-refractivity contribution in [2.45, 2.75) is 51.6 Å². The summed E-state index contributed by atoms with van der Waals surface area (Å²) in [5, 5.41) is 4.48. The van der Waals surface area contributed by atoms with Crippen molar-refractivity contribution in [2.24, 2.45) is 4.36 Å².